The number of carboxylic acid groups (broad SMARTS) is 1. The Hall–Kier alpha value is -1.28. The van der Waals surface area contributed by atoms with Crippen molar-refractivity contribution in [3.05, 3.63) is 0 Å². The van der Waals surface area contributed by atoms with E-state index in [4.69, 9.17) is 15.3 Å². The quantitative estimate of drug-likeness (QED) is 0.478. The van der Waals surface area contributed by atoms with Gasteiger partial charge in [-0.1, -0.05) is 0 Å². The van der Waals surface area contributed by atoms with Crippen LogP contribution in [0.2, 0.25) is 0 Å². The number of hydrogen-bond acceptors (Lipinski definition) is 4. The minimum absolute atomic E-state index is 1.26. The third-order valence-electron chi connectivity index (χ3n) is 2.63. The van der Waals surface area contributed by atoms with Crippen LogP contribution in [0, 0.1) is 0 Å². The minimum Gasteiger partial charge on any atom is -0.480 e. The lowest BCUT2D eigenvalue weighted by Crippen LogP contribution is -2.66. The van der Waals surface area contributed by atoms with Crippen LogP contribution < -0.4 is 5.32 Å². The Morgan fingerprint density at radius 3 is 1.70 bits per heavy atom. The second-order valence-electron chi connectivity index (χ2n) is 4.27. The molecule has 4 N–H and O–H groups in total. The number of hydrogen-bond donors (Lipinski definition) is 4. The third-order valence-corrected chi connectivity index (χ3v) is 2.63. The van der Waals surface area contributed by atoms with Gasteiger partial charge in [-0.3, -0.25) is 10.1 Å². The highest BCUT2D eigenvalue weighted by Crippen LogP contribution is 2.53. The first-order valence-corrected chi connectivity index (χ1v) is 5.49. The van der Waals surface area contributed by atoms with E-state index < -0.39 is 55.2 Å². The lowest BCUT2D eigenvalue weighted by atomic mass is 9.98. The molecule has 23 heavy (non-hydrogen) atoms. The van der Waals surface area contributed by atoms with Crippen LogP contribution in [0.15, 0.2) is 0 Å². The normalized spacial score (nSPS) is 17.0. The Bertz CT molecular complexity index is 426. The highest BCUT2D eigenvalue weighted by molar-refractivity contribution is 5.73. The maximum Gasteiger partial charge on any atom is 0.460 e. The number of carboxylic acids is 1. The van der Waals surface area contributed by atoms with Gasteiger partial charge in [-0.2, -0.15) is 39.5 Å². The Labute approximate surface area is 121 Å². The molecule has 2 atom stereocenters. The van der Waals surface area contributed by atoms with Crippen molar-refractivity contribution >= 4 is 5.97 Å². The summed E-state index contributed by atoms with van der Waals surface area (Å²) in [6.07, 6.45) is -10.8. The minimum atomic E-state index is -7.16. The first-order valence-electron chi connectivity index (χ1n) is 5.49. The molecule has 0 amide bonds. The van der Waals surface area contributed by atoms with Crippen LogP contribution in [0.1, 0.15) is 0 Å². The molecular weight excluding hydrogens is 357 g/mol. The predicted octanol–water partition coefficient (Wildman–Crippen LogP) is 0.851. The monoisotopic (exact) mass is 367 g/mol. The molecule has 0 aliphatic heterocycles. The summed E-state index contributed by atoms with van der Waals surface area (Å²) in [7, 11) is 0. The Morgan fingerprint density at radius 1 is 0.957 bits per heavy atom. The van der Waals surface area contributed by atoms with Crippen molar-refractivity contribution in [2.45, 2.75) is 36.1 Å². The van der Waals surface area contributed by atoms with Crippen molar-refractivity contribution in [2.75, 3.05) is 13.2 Å². The van der Waals surface area contributed by atoms with Crippen molar-refractivity contribution in [3.63, 3.8) is 0 Å². The lowest BCUT2D eigenvalue weighted by molar-refractivity contribution is -0.405. The standard InChI is InChI=1S/C9H10F9NO4/c10-6(11,4(21)1-19-3(2-20)5(22)23)7(12,13)8(14,15)9(16,17)18/h3-4,19-21H,1-2H2,(H,22,23)/t3-,4-/m0/s1. The number of halogens is 9. The molecule has 0 rings (SSSR count). The van der Waals surface area contributed by atoms with Gasteiger partial charge in [-0.25, -0.2) is 0 Å². The van der Waals surface area contributed by atoms with Crippen molar-refractivity contribution in [2.24, 2.45) is 0 Å². The molecule has 0 fully saturated rings. The Kier molecular flexibility index (Phi) is 6.31. The predicted molar refractivity (Wildman–Crippen MR) is 53.4 cm³/mol. The smallest absolute Gasteiger partial charge is 0.460 e. The fraction of sp³-hybridized carbons (Fsp3) is 0.889. The molecule has 138 valence electrons. The molecule has 0 aromatic carbocycles. The van der Waals surface area contributed by atoms with E-state index in [1.807, 2.05) is 0 Å². The lowest BCUT2D eigenvalue weighted by Gasteiger charge is -2.36. The van der Waals surface area contributed by atoms with Crippen molar-refractivity contribution in [1.82, 2.24) is 5.32 Å². The molecular formula is C9H10F9NO4. The van der Waals surface area contributed by atoms with Gasteiger partial charge in [0.2, 0.25) is 0 Å². The molecule has 0 saturated heterocycles. The van der Waals surface area contributed by atoms with Crippen molar-refractivity contribution < 1.29 is 59.6 Å². The van der Waals surface area contributed by atoms with Crippen LogP contribution in [0.25, 0.3) is 0 Å². The van der Waals surface area contributed by atoms with E-state index in [1.54, 1.807) is 0 Å². The first-order chi connectivity index (χ1) is 10.0. The van der Waals surface area contributed by atoms with Gasteiger partial charge in [0.15, 0.2) is 0 Å². The summed E-state index contributed by atoms with van der Waals surface area (Å²) in [5, 5.41) is 27.1. The maximum absolute atomic E-state index is 13.1. The zero-order valence-electron chi connectivity index (χ0n) is 10.7. The van der Waals surface area contributed by atoms with Gasteiger partial charge in [0, 0.05) is 6.54 Å². The average Bonchev–Trinajstić information content (AvgIpc) is 2.36. The topological polar surface area (TPSA) is 89.8 Å². The van der Waals surface area contributed by atoms with Crippen molar-refractivity contribution in [3.8, 4) is 0 Å². The Balaban J connectivity index is 5.33. The van der Waals surface area contributed by atoms with Crippen LogP contribution in [-0.2, 0) is 4.79 Å². The fourth-order valence-corrected chi connectivity index (χ4v) is 1.21. The summed E-state index contributed by atoms with van der Waals surface area (Å²) >= 11 is 0. The molecule has 0 unspecified atom stereocenters. The molecule has 5 nitrogen and oxygen atoms in total. The first kappa shape index (κ1) is 21.7. The van der Waals surface area contributed by atoms with E-state index >= 15 is 0 Å². The van der Waals surface area contributed by atoms with Crippen molar-refractivity contribution in [1.29, 1.82) is 0 Å². The summed E-state index contributed by atoms with van der Waals surface area (Å²) in [5.41, 5.74) is 0. The third kappa shape index (κ3) is 3.98. The largest absolute Gasteiger partial charge is 0.480 e. The van der Waals surface area contributed by atoms with Gasteiger partial charge in [-0.15, -0.1) is 0 Å². The fourth-order valence-electron chi connectivity index (χ4n) is 1.21. The zero-order chi connectivity index (χ0) is 18.9. The zero-order valence-corrected chi connectivity index (χ0v) is 10.7. The molecule has 0 aliphatic rings. The molecule has 0 spiro atoms. The van der Waals surface area contributed by atoms with Crippen LogP contribution in [-0.4, -0.2) is 70.5 Å². The van der Waals surface area contributed by atoms with Crippen LogP contribution in [0.3, 0.4) is 0 Å². The summed E-state index contributed by atoms with van der Waals surface area (Å²) in [6.45, 7) is -3.07. The highest BCUT2D eigenvalue weighted by Gasteiger charge is 2.83. The number of aliphatic carboxylic acids is 1. The number of nitrogens with one attached hydrogen (secondary N) is 1. The van der Waals surface area contributed by atoms with Gasteiger partial charge in [0.25, 0.3) is 0 Å². The summed E-state index contributed by atoms with van der Waals surface area (Å²) in [5.74, 6) is -22.3. The van der Waals surface area contributed by atoms with E-state index in [1.165, 1.54) is 5.32 Å². The van der Waals surface area contributed by atoms with Gasteiger partial charge < -0.3 is 15.3 Å². The SMILES string of the molecule is O=C(O)[C@H](CO)NC[C@H](O)C(F)(F)C(F)(F)C(F)(F)C(F)(F)F. The average molecular weight is 367 g/mol. The van der Waals surface area contributed by atoms with E-state index in [0.717, 1.165) is 0 Å². The second-order valence-corrected chi connectivity index (χ2v) is 4.27. The molecule has 0 saturated carbocycles. The molecule has 0 heterocycles. The van der Waals surface area contributed by atoms with E-state index in [0.29, 0.717) is 0 Å². The van der Waals surface area contributed by atoms with Crippen LogP contribution in [0.4, 0.5) is 39.5 Å². The molecule has 0 bridgehead atoms. The van der Waals surface area contributed by atoms with Gasteiger partial charge >= 0.3 is 29.9 Å². The van der Waals surface area contributed by atoms with Crippen LogP contribution >= 0.6 is 0 Å². The molecule has 0 aliphatic carbocycles. The van der Waals surface area contributed by atoms with E-state index in [-0.39, 0.29) is 0 Å². The molecule has 0 aromatic rings. The van der Waals surface area contributed by atoms with Gasteiger partial charge in [0.1, 0.15) is 12.1 Å². The summed E-state index contributed by atoms with van der Waals surface area (Å²) < 4.78 is 113. The number of rotatable bonds is 8. The van der Waals surface area contributed by atoms with Gasteiger partial charge in [0.05, 0.1) is 6.61 Å². The Morgan fingerprint density at radius 2 is 1.39 bits per heavy atom. The van der Waals surface area contributed by atoms with Gasteiger partial charge in [-0.05, 0) is 0 Å². The summed E-state index contributed by atoms with van der Waals surface area (Å²) in [4.78, 5) is 10.4. The van der Waals surface area contributed by atoms with E-state index in [2.05, 4.69) is 0 Å². The maximum atomic E-state index is 13.1. The van der Waals surface area contributed by atoms with Crippen LogP contribution in [0.5, 0.6) is 0 Å². The molecule has 0 radical (unpaired) electrons. The number of carbonyl (C=O) groups is 1. The molecule has 0 aromatic heterocycles. The van der Waals surface area contributed by atoms with E-state index in [9.17, 15) is 44.3 Å². The highest BCUT2D eigenvalue weighted by atomic mass is 19.4. The second kappa shape index (κ2) is 6.68. The molecule has 14 heteroatoms. The summed E-state index contributed by atoms with van der Waals surface area (Å²) in [6, 6.07) is -2.04. The number of aliphatic hydroxyl groups is 2. The number of alkyl halides is 9. The number of aliphatic hydroxyl groups excluding tert-OH is 2.